The van der Waals surface area contributed by atoms with E-state index >= 15 is 0 Å². The van der Waals surface area contributed by atoms with Crippen molar-refractivity contribution in [3.8, 4) is 11.5 Å². The van der Waals surface area contributed by atoms with Crippen molar-refractivity contribution in [1.82, 2.24) is 0 Å². The minimum absolute atomic E-state index is 0.0646. The van der Waals surface area contributed by atoms with Crippen LogP contribution >= 0.6 is 0 Å². The second-order valence-electron chi connectivity index (χ2n) is 5.90. The molecule has 1 aromatic carbocycles. The highest BCUT2D eigenvalue weighted by Crippen LogP contribution is 2.47. The monoisotopic (exact) mass is 263 g/mol. The lowest BCUT2D eigenvalue weighted by Crippen LogP contribution is -2.30. The van der Waals surface area contributed by atoms with Crippen LogP contribution < -0.4 is 15.2 Å². The van der Waals surface area contributed by atoms with Gasteiger partial charge in [0.1, 0.15) is 0 Å². The van der Waals surface area contributed by atoms with E-state index in [2.05, 4.69) is 13.8 Å². The van der Waals surface area contributed by atoms with Crippen LogP contribution in [-0.2, 0) is 0 Å². The minimum Gasteiger partial charge on any atom is -0.493 e. The Hall–Kier alpha value is -1.22. The molecule has 0 saturated heterocycles. The van der Waals surface area contributed by atoms with Gasteiger partial charge >= 0.3 is 0 Å². The van der Waals surface area contributed by atoms with E-state index in [1.54, 1.807) is 14.2 Å². The Morgan fingerprint density at radius 1 is 1.11 bits per heavy atom. The smallest absolute Gasteiger partial charge is 0.161 e. The molecule has 2 N–H and O–H groups in total. The van der Waals surface area contributed by atoms with E-state index in [-0.39, 0.29) is 11.5 Å². The van der Waals surface area contributed by atoms with Crippen molar-refractivity contribution in [2.75, 3.05) is 14.2 Å². The van der Waals surface area contributed by atoms with Crippen molar-refractivity contribution in [1.29, 1.82) is 0 Å². The first kappa shape index (κ1) is 14.2. The second-order valence-corrected chi connectivity index (χ2v) is 5.90. The van der Waals surface area contributed by atoms with Crippen molar-refractivity contribution in [2.45, 2.75) is 45.6 Å². The first-order valence-corrected chi connectivity index (χ1v) is 7.00. The van der Waals surface area contributed by atoms with Crippen molar-refractivity contribution >= 4 is 0 Å². The average Bonchev–Trinajstić information content (AvgIpc) is 2.85. The summed E-state index contributed by atoms with van der Waals surface area (Å²) in [6.45, 7) is 4.40. The number of ether oxygens (including phenoxy) is 2. The quantitative estimate of drug-likeness (QED) is 0.902. The van der Waals surface area contributed by atoms with Gasteiger partial charge in [0.2, 0.25) is 0 Å². The maximum Gasteiger partial charge on any atom is 0.161 e. The van der Waals surface area contributed by atoms with E-state index in [1.165, 1.54) is 36.8 Å². The Bertz CT molecular complexity index is 450. The van der Waals surface area contributed by atoms with Crippen LogP contribution in [0.3, 0.4) is 0 Å². The molecular weight excluding hydrogens is 238 g/mol. The molecule has 0 aliphatic heterocycles. The van der Waals surface area contributed by atoms with Gasteiger partial charge in [-0.15, -0.1) is 0 Å². The van der Waals surface area contributed by atoms with E-state index in [0.29, 0.717) is 0 Å². The van der Waals surface area contributed by atoms with Crippen LogP contribution in [0.25, 0.3) is 0 Å². The molecule has 0 amide bonds. The summed E-state index contributed by atoms with van der Waals surface area (Å²) in [6.07, 6.45) is 5.00. The molecule has 1 unspecified atom stereocenters. The zero-order valence-electron chi connectivity index (χ0n) is 12.5. The molecule has 1 saturated carbocycles. The van der Waals surface area contributed by atoms with Gasteiger partial charge in [0, 0.05) is 6.04 Å². The largest absolute Gasteiger partial charge is 0.493 e. The number of rotatable bonds is 4. The van der Waals surface area contributed by atoms with Gasteiger partial charge in [-0.25, -0.2) is 0 Å². The SMILES string of the molecule is COc1cc(C)c(C(N)C2(C)CCCC2)cc1OC. The molecule has 19 heavy (non-hydrogen) atoms. The van der Waals surface area contributed by atoms with E-state index < -0.39 is 0 Å². The first-order valence-electron chi connectivity index (χ1n) is 7.00. The van der Waals surface area contributed by atoms with Crippen molar-refractivity contribution in [3.05, 3.63) is 23.3 Å². The molecule has 1 aromatic rings. The number of methoxy groups -OCH3 is 2. The minimum atomic E-state index is 0.0646. The third kappa shape index (κ3) is 2.57. The maximum absolute atomic E-state index is 6.55. The molecule has 0 radical (unpaired) electrons. The summed E-state index contributed by atoms with van der Waals surface area (Å²) >= 11 is 0. The highest BCUT2D eigenvalue weighted by Gasteiger charge is 2.36. The molecule has 1 aliphatic rings. The second kappa shape index (κ2) is 5.41. The number of aryl methyl sites for hydroxylation is 1. The van der Waals surface area contributed by atoms with E-state index in [4.69, 9.17) is 15.2 Å². The van der Waals surface area contributed by atoms with Crippen molar-refractivity contribution in [2.24, 2.45) is 11.1 Å². The fourth-order valence-corrected chi connectivity index (χ4v) is 3.20. The van der Waals surface area contributed by atoms with Crippen LogP contribution in [-0.4, -0.2) is 14.2 Å². The molecule has 1 atom stereocenters. The fraction of sp³-hybridized carbons (Fsp3) is 0.625. The topological polar surface area (TPSA) is 44.5 Å². The summed E-state index contributed by atoms with van der Waals surface area (Å²) in [5.41, 5.74) is 9.13. The van der Waals surface area contributed by atoms with Gasteiger partial charge in [0.05, 0.1) is 14.2 Å². The van der Waals surface area contributed by atoms with Crippen molar-refractivity contribution < 1.29 is 9.47 Å². The van der Waals surface area contributed by atoms with Gasteiger partial charge in [-0.05, 0) is 48.4 Å². The molecular formula is C16H25NO2. The molecule has 3 nitrogen and oxygen atoms in total. The molecule has 2 rings (SSSR count). The van der Waals surface area contributed by atoms with E-state index in [1.807, 2.05) is 12.1 Å². The van der Waals surface area contributed by atoms with Gasteiger partial charge < -0.3 is 15.2 Å². The summed E-state index contributed by atoms with van der Waals surface area (Å²) < 4.78 is 10.7. The Morgan fingerprint density at radius 3 is 2.16 bits per heavy atom. The lowest BCUT2D eigenvalue weighted by Gasteiger charge is -2.32. The van der Waals surface area contributed by atoms with Gasteiger partial charge in [0.15, 0.2) is 11.5 Å². The molecule has 3 heteroatoms. The first-order chi connectivity index (χ1) is 9.01. The molecule has 0 bridgehead atoms. The maximum atomic E-state index is 6.55. The van der Waals surface area contributed by atoms with Gasteiger partial charge in [-0.2, -0.15) is 0 Å². The van der Waals surface area contributed by atoms with Crippen LogP contribution in [0.1, 0.15) is 49.8 Å². The standard InChI is InChI=1S/C16H25NO2/c1-11-9-13(18-3)14(19-4)10-12(11)15(17)16(2)7-5-6-8-16/h9-10,15H,5-8,17H2,1-4H3. The van der Waals surface area contributed by atoms with Crippen LogP contribution in [0.15, 0.2) is 12.1 Å². The lowest BCUT2D eigenvalue weighted by atomic mass is 9.76. The van der Waals surface area contributed by atoms with Gasteiger partial charge in [0.25, 0.3) is 0 Å². The van der Waals surface area contributed by atoms with Crippen LogP contribution in [0.4, 0.5) is 0 Å². The zero-order chi connectivity index (χ0) is 14.0. The normalized spacial score (nSPS) is 19.2. The molecule has 106 valence electrons. The molecule has 1 fully saturated rings. The molecule has 0 spiro atoms. The predicted octanol–water partition coefficient (Wildman–Crippen LogP) is 3.59. The van der Waals surface area contributed by atoms with Crippen molar-refractivity contribution in [3.63, 3.8) is 0 Å². The Labute approximate surface area is 116 Å². The summed E-state index contributed by atoms with van der Waals surface area (Å²) in [5, 5.41) is 0. The average molecular weight is 263 g/mol. The number of nitrogens with two attached hydrogens (primary N) is 1. The van der Waals surface area contributed by atoms with E-state index in [9.17, 15) is 0 Å². The Morgan fingerprint density at radius 2 is 1.63 bits per heavy atom. The van der Waals surface area contributed by atoms with E-state index in [0.717, 1.165) is 11.5 Å². The van der Waals surface area contributed by atoms with Gasteiger partial charge in [-0.1, -0.05) is 19.8 Å². The fourth-order valence-electron chi connectivity index (χ4n) is 3.20. The van der Waals surface area contributed by atoms with Crippen LogP contribution in [0.5, 0.6) is 11.5 Å². The Balaban J connectivity index is 2.38. The number of benzene rings is 1. The third-order valence-electron chi connectivity index (χ3n) is 4.60. The van der Waals surface area contributed by atoms with Crippen LogP contribution in [0, 0.1) is 12.3 Å². The summed E-state index contributed by atoms with van der Waals surface area (Å²) in [7, 11) is 3.33. The summed E-state index contributed by atoms with van der Waals surface area (Å²) in [5.74, 6) is 1.53. The number of hydrogen-bond acceptors (Lipinski definition) is 3. The molecule has 1 aliphatic carbocycles. The summed E-state index contributed by atoms with van der Waals surface area (Å²) in [6, 6.07) is 4.13. The Kier molecular flexibility index (Phi) is 4.04. The zero-order valence-corrected chi connectivity index (χ0v) is 12.5. The molecule has 0 heterocycles. The number of hydrogen-bond donors (Lipinski definition) is 1. The third-order valence-corrected chi connectivity index (χ3v) is 4.60. The summed E-state index contributed by atoms with van der Waals surface area (Å²) in [4.78, 5) is 0. The van der Waals surface area contributed by atoms with Crippen LogP contribution in [0.2, 0.25) is 0 Å². The highest BCUT2D eigenvalue weighted by atomic mass is 16.5. The molecule has 0 aromatic heterocycles. The highest BCUT2D eigenvalue weighted by molar-refractivity contribution is 5.48. The predicted molar refractivity (Wildman–Crippen MR) is 77.8 cm³/mol. The lowest BCUT2D eigenvalue weighted by molar-refractivity contribution is 0.263. The van der Waals surface area contributed by atoms with Gasteiger partial charge in [-0.3, -0.25) is 0 Å².